The molecule has 5 N–H and O–H groups in total. The molecule has 1 fully saturated rings. The number of nitrogens with zero attached hydrogens (tertiary/aromatic N) is 2. The van der Waals surface area contributed by atoms with Gasteiger partial charge < -0.3 is 20.1 Å². The van der Waals surface area contributed by atoms with Gasteiger partial charge in [0.2, 0.25) is 5.95 Å². The maximum atomic E-state index is 11.4. The summed E-state index contributed by atoms with van der Waals surface area (Å²) in [4.78, 5) is 14.9. The van der Waals surface area contributed by atoms with Crippen molar-refractivity contribution in [3.8, 4) is 0 Å². The molecule has 1 aromatic rings. The van der Waals surface area contributed by atoms with Crippen LogP contribution in [0.5, 0.6) is 0 Å². The van der Waals surface area contributed by atoms with Gasteiger partial charge in [-0.2, -0.15) is 4.98 Å². The van der Waals surface area contributed by atoms with Crippen molar-refractivity contribution in [1.82, 2.24) is 9.55 Å². The lowest BCUT2D eigenvalue weighted by Crippen LogP contribution is -2.33. The molecular weight excluding hydrogens is 258 g/mol. The molecule has 1 saturated heterocycles. The monoisotopic (exact) mass is 273 g/mol. The predicted molar refractivity (Wildman–Crippen MR) is 61.7 cm³/mol. The molecule has 9 heteroatoms. The Morgan fingerprint density at radius 2 is 2.16 bits per heavy atom. The van der Waals surface area contributed by atoms with E-state index in [9.17, 15) is 15.0 Å². The van der Waals surface area contributed by atoms with Crippen molar-refractivity contribution in [2.45, 2.75) is 31.5 Å². The Hall–Kier alpha value is -1.52. The van der Waals surface area contributed by atoms with Crippen LogP contribution in [0, 0.1) is 6.92 Å². The Morgan fingerprint density at radius 3 is 2.68 bits per heavy atom. The van der Waals surface area contributed by atoms with Crippen LogP contribution in [0.4, 0.5) is 5.95 Å². The zero-order valence-electron chi connectivity index (χ0n) is 10.1. The van der Waals surface area contributed by atoms with Gasteiger partial charge in [0.1, 0.15) is 18.3 Å². The van der Waals surface area contributed by atoms with Crippen LogP contribution < -0.4 is 11.0 Å². The first-order chi connectivity index (χ1) is 8.99. The van der Waals surface area contributed by atoms with Crippen molar-refractivity contribution < 1.29 is 25.3 Å². The van der Waals surface area contributed by atoms with Crippen molar-refractivity contribution in [1.29, 1.82) is 0 Å². The number of rotatable bonds is 3. The van der Waals surface area contributed by atoms with E-state index < -0.39 is 36.7 Å². The van der Waals surface area contributed by atoms with Gasteiger partial charge in [-0.15, -0.1) is 0 Å². The van der Waals surface area contributed by atoms with E-state index in [-0.39, 0.29) is 11.5 Å². The van der Waals surface area contributed by atoms with Crippen molar-refractivity contribution >= 4 is 5.95 Å². The number of aliphatic hydroxyl groups is 3. The van der Waals surface area contributed by atoms with Gasteiger partial charge in [0, 0.05) is 11.8 Å². The Balaban J connectivity index is 2.42. The number of nitrogens with one attached hydrogen (secondary N) is 1. The lowest BCUT2D eigenvalue weighted by molar-refractivity contribution is -0.0528. The third-order valence-electron chi connectivity index (χ3n) is 3.01. The molecule has 0 unspecified atom stereocenters. The second kappa shape index (κ2) is 5.23. The van der Waals surface area contributed by atoms with Crippen LogP contribution in [0.25, 0.3) is 0 Å². The minimum absolute atomic E-state index is 0.231. The average molecular weight is 273 g/mol. The fourth-order valence-electron chi connectivity index (χ4n) is 1.95. The summed E-state index contributed by atoms with van der Waals surface area (Å²) in [6, 6.07) is 0. The summed E-state index contributed by atoms with van der Waals surface area (Å²) in [7, 11) is 0. The largest absolute Gasteiger partial charge is 0.394 e. The fourth-order valence-corrected chi connectivity index (χ4v) is 1.95. The lowest BCUT2D eigenvalue weighted by Gasteiger charge is -2.21. The first-order valence-corrected chi connectivity index (χ1v) is 5.62. The van der Waals surface area contributed by atoms with Crippen LogP contribution in [0.15, 0.2) is 11.0 Å². The highest BCUT2D eigenvalue weighted by Gasteiger charge is 2.43. The molecule has 0 aromatic carbocycles. The minimum Gasteiger partial charge on any atom is -0.394 e. The van der Waals surface area contributed by atoms with E-state index in [4.69, 9.17) is 15.1 Å². The average Bonchev–Trinajstić information content (AvgIpc) is 2.69. The zero-order chi connectivity index (χ0) is 14.2. The van der Waals surface area contributed by atoms with Gasteiger partial charge in [0.15, 0.2) is 6.23 Å². The SMILES string of the molecule is Cc1cn([C@@H]2O[C@H](CO)[C@@H](O)[C@H]2O)c(NO)nc1=O. The lowest BCUT2D eigenvalue weighted by atomic mass is 10.1. The summed E-state index contributed by atoms with van der Waals surface area (Å²) in [5.74, 6) is -0.231. The molecule has 0 amide bonds. The van der Waals surface area contributed by atoms with Crippen LogP contribution in [0.2, 0.25) is 0 Å². The molecule has 19 heavy (non-hydrogen) atoms. The van der Waals surface area contributed by atoms with Crippen LogP contribution >= 0.6 is 0 Å². The maximum absolute atomic E-state index is 11.4. The molecule has 4 atom stereocenters. The van der Waals surface area contributed by atoms with Crippen molar-refractivity contribution in [3.05, 3.63) is 22.1 Å². The quantitative estimate of drug-likeness (QED) is 0.397. The van der Waals surface area contributed by atoms with E-state index in [0.717, 1.165) is 0 Å². The number of hydrogen-bond donors (Lipinski definition) is 5. The van der Waals surface area contributed by atoms with Crippen molar-refractivity contribution in [2.75, 3.05) is 12.1 Å². The molecule has 0 radical (unpaired) electrons. The van der Waals surface area contributed by atoms with Gasteiger partial charge in [-0.05, 0) is 6.92 Å². The van der Waals surface area contributed by atoms with Gasteiger partial charge in [-0.25, -0.2) is 5.48 Å². The van der Waals surface area contributed by atoms with E-state index in [1.807, 2.05) is 0 Å². The van der Waals surface area contributed by atoms with Gasteiger partial charge >= 0.3 is 0 Å². The number of aliphatic hydroxyl groups excluding tert-OH is 3. The van der Waals surface area contributed by atoms with Crippen molar-refractivity contribution in [3.63, 3.8) is 0 Å². The number of anilines is 1. The number of ether oxygens (including phenoxy) is 1. The van der Waals surface area contributed by atoms with Crippen LogP contribution in [-0.2, 0) is 4.74 Å². The van der Waals surface area contributed by atoms with Gasteiger partial charge in [0.05, 0.1) is 6.61 Å². The highest BCUT2D eigenvalue weighted by molar-refractivity contribution is 5.25. The summed E-state index contributed by atoms with van der Waals surface area (Å²) in [6.07, 6.45) is -3.30. The number of aryl methyl sites for hydroxylation is 1. The number of hydrogen-bond acceptors (Lipinski definition) is 8. The minimum atomic E-state index is -1.33. The molecule has 2 rings (SSSR count). The number of aromatic nitrogens is 2. The topological polar surface area (TPSA) is 137 Å². The Kier molecular flexibility index (Phi) is 3.83. The standard InChI is InChI=1S/C10H15N3O6/c1-4-2-13(10(12-18)11-8(4)17)9-7(16)6(15)5(3-14)19-9/h2,5-7,9,14-16,18H,3H2,1H3,(H,11,12,17)/t5-,6-,7-,9-/m1/s1. The second-order valence-electron chi connectivity index (χ2n) is 4.30. The smallest absolute Gasteiger partial charge is 0.277 e. The van der Waals surface area contributed by atoms with Gasteiger partial charge in [-0.1, -0.05) is 0 Å². The summed E-state index contributed by atoms with van der Waals surface area (Å²) < 4.78 is 6.46. The van der Waals surface area contributed by atoms with Gasteiger partial charge in [-0.3, -0.25) is 14.6 Å². The van der Waals surface area contributed by atoms with Crippen LogP contribution in [0.3, 0.4) is 0 Å². The first-order valence-electron chi connectivity index (χ1n) is 5.62. The Bertz CT molecular complexity index is 518. The maximum Gasteiger partial charge on any atom is 0.277 e. The van der Waals surface area contributed by atoms with E-state index in [2.05, 4.69) is 4.98 Å². The Labute approximate surface area is 107 Å². The van der Waals surface area contributed by atoms with Gasteiger partial charge in [0.25, 0.3) is 5.56 Å². The molecular formula is C10H15N3O6. The van der Waals surface area contributed by atoms with E-state index in [1.165, 1.54) is 17.7 Å². The van der Waals surface area contributed by atoms with E-state index >= 15 is 0 Å². The second-order valence-corrected chi connectivity index (χ2v) is 4.30. The highest BCUT2D eigenvalue weighted by atomic mass is 16.6. The zero-order valence-corrected chi connectivity index (χ0v) is 10.1. The molecule has 1 aliphatic heterocycles. The molecule has 106 valence electrons. The molecule has 0 saturated carbocycles. The van der Waals surface area contributed by atoms with Crippen LogP contribution in [-0.4, -0.2) is 55.0 Å². The normalized spacial score (nSPS) is 30.6. The first kappa shape index (κ1) is 13.9. The molecule has 2 heterocycles. The summed E-state index contributed by atoms with van der Waals surface area (Å²) in [5, 5.41) is 37.5. The summed E-state index contributed by atoms with van der Waals surface area (Å²) >= 11 is 0. The molecule has 0 spiro atoms. The molecule has 0 aliphatic carbocycles. The van der Waals surface area contributed by atoms with Crippen LogP contribution in [0.1, 0.15) is 11.8 Å². The molecule has 1 aliphatic rings. The third kappa shape index (κ3) is 2.33. The van der Waals surface area contributed by atoms with E-state index in [0.29, 0.717) is 0 Å². The molecule has 1 aromatic heterocycles. The fraction of sp³-hybridized carbons (Fsp3) is 0.600. The van der Waals surface area contributed by atoms with Crippen molar-refractivity contribution in [2.24, 2.45) is 0 Å². The molecule has 9 nitrogen and oxygen atoms in total. The predicted octanol–water partition coefficient (Wildman–Crippen LogP) is -2.04. The Morgan fingerprint density at radius 1 is 1.47 bits per heavy atom. The highest BCUT2D eigenvalue weighted by Crippen LogP contribution is 2.30. The van der Waals surface area contributed by atoms with E-state index in [1.54, 1.807) is 5.48 Å². The summed E-state index contributed by atoms with van der Waals surface area (Å²) in [6.45, 7) is 1.04. The summed E-state index contributed by atoms with van der Waals surface area (Å²) in [5.41, 5.74) is 1.46. The molecule has 0 bridgehead atoms. The third-order valence-corrected chi connectivity index (χ3v) is 3.01.